The zero-order valence-electron chi connectivity index (χ0n) is 19.4. The maximum Gasteiger partial charge on any atom is 0.236 e. The molecule has 2 aromatic heterocycles. The summed E-state index contributed by atoms with van der Waals surface area (Å²) >= 11 is 0. The van der Waals surface area contributed by atoms with Gasteiger partial charge in [0.25, 0.3) is 0 Å². The summed E-state index contributed by atoms with van der Waals surface area (Å²) in [5.74, 6) is 0.941. The number of carbonyl (C=O) groups excluding carboxylic acids is 1. The van der Waals surface area contributed by atoms with Gasteiger partial charge in [-0.05, 0) is 43.4 Å². The number of aliphatic hydroxyl groups excluding tert-OH is 1. The molecule has 0 unspecified atom stereocenters. The number of hydrogen-bond acceptors (Lipinski definition) is 6. The minimum Gasteiger partial charge on any atom is -0.497 e. The normalized spacial score (nSPS) is 19.7. The van der Waals surface area contributed by atoms with Crippen LogP contribution in [0.4, 0.5) is 0 Å². The number of ether oxygens (including phenoxy) is 1. The number of aromatic nitrogens is 2. The quantitative estimate of drug-likeness (QED) is 0.597. The van der Waals surface area contributed by atoms with E-state index in [9.17, 15) is 9.90 Å². The number of nitrogens with one attached hydrogen (secondary N) is 1. The van der Waals surface area contributed by atoms with Crippen molar-refractivity contribution in [1.82, 2.24) is 24.7 Å². The number of aliphatic hydroxyl groups is 1. The number of carbonyl (C=O) groups is 1. The Labute approximate surface area is 193 Å². The first-order chi connectivity index (χ1) is 15.9. The van der Waals surface area contributed by atoms with Crippen molar-refractivity contribution in [2.45, 2.75) is 18.0 Å². The second-order valence-corrected chi connectivity index (χ2v) is 9.56. The van der Waals surface area contributed by atoms with Crippen LogP contribution in [0.5, 0.6) is 5.75 Å². The van der Waals surface area contributed by atoms with E-state index in [-0.39, 0.29) is 24.0 Å². The molecule has 4 heterocycles. The van der Waals surface area contributed by atoms with Crippen molar-refractivity contribution in [3.05, 3.63) is 59.5 Å². The van der Waals surface area contributed by atoms with E-state index in [1.54, 1.807) is 13.3 Å². The zero-order chi connectivity index (χ0) is 23.2. The molecular formula is C25H31N5O3. The minimum atomic E-state index is -0.183. The number of rotatable bonds is 6. The topological polar surface area (TPSA) is 84.9 Å². The molecule has 8 nitrogen and oxygen atoms in total. The molecule has 2 aliphatic heterocycles. The molecule has 8 heteroatoms. The van der Waals surface area contributed by atoms with Crippen LogP contribution in [0.15, 0.2) is 42.7 Å². The van der Waals surface area contributed by atoms with Crippen molar-refractivity contribution in [3.8, 4) is 5.75 Å². The number of fused-ring (bicyclic) bond motifs is 4. The third kappa shape index (κ3) is 3.78. The molecule has 1 spiro atoms. The van der Waals surface area contributed by atoms with E-state index < -0.39 is 0 Å². The van der Waals surface area contributed by atoms with Gasteiger partial charge in [0.05, 0.1) is 26.3 Å². The van der Waals surface area contributed by atoms with Gasteiger partial charge in [-0.15, -0.1) is 0 Å². The van der Waals surface area contributed by atoms with E-state index in [1.807, 2.05) is 48.3 Å². The van der Waals surface area contributed by atoms with Crippen LogP contribution in [-0.4, -0.2) is 89.7 Å². The lowest BCUT2D eigenvalue weighted by atomic mass is 9.68. The first-order valence-corrected chi connectivity index (χ1v) is 11.3. The van der Waals surface area contributed by atoms with E-state index in [2.05, 4.69) is 27.0 Å². The second kappa shape index (κ2) is 8.44. The van der Waals surface area contributed by atoms with Gasteiger partial charge in [-0.25, -0.2) is 0 Å². The molecule has 5 rings (SSSR count). The summed E-state index contributed by atoms with van der Waals surface area (Å²) in [7, 11) is 5.50. The van der Waals surface area contributed by atoms with Crippen LogP contribution in [0.2, 0.25) is 0 Å². The van der Waals surface area contributed by atoms with Gasteiger partial charge in [0, 0.05) is 66.7 Å². The predicted molar refractivity (Wildman–Crippen MR) is 126 cm³/mol. The highest BCUT2D eigenvalue weighted by Crippen LogP contribution is 2.48. The van der Waals surface area contributed by atoms with Crippen molar-refractivity contribution in [1.29, 1.82) is 0 Å². The number of likely N-dealkylation sites (tertiary alicyclic amines) is 1. The molecule has 174 valence electrons. The molecule has 33 heavy (non-hydrogen) atoms. The second-order valence-electron chi connectivity index (χ2n) is 9.56. The number of nitrogens with zero attached hydrogens (tertiary/aromatic N) is 4. The molecule has 1 fully saturated rings. The molecule has 0 aliphatic carbocycles. The maximum absolute atomic E-state index is 12.8. The Hall–Kier alpha value is -2.94. The Morgan fingerprint density at radius 2 is 2.12 bits per heavy atom. The van der Waals surface area contributed by atoms with Gasteiger partial charge in [0.1, 0.15) is 5.75 Å². The Kier molecular flexibility index (Phi) is 5.60. The number of pyridine rings is 1. The lowest BCUT2D eigenvalue weighted by molar-refractivity contribution is -0.141. The Morgan fingerprint density at radius 1 is 1.30 bits per heavy atom. The van der Waals surface area contributed by atoms with E-state index in [4.69, 9.17) is 4.74 Å². The standard InChI is InChI=1S/C25H31N5O3/c1-28(2)12-22(32)30-15-25(16-30)14-29(11-17-5-4-8-26-10-17)21(13-31)24-23(25)19-7-6-18(33-3)9-20(19)27-24/h4-10,21,27,31H,11-16H2,1-3H3/t21-/m0/s1. The average Bonchev–Trinajstić information content (AvgIpc) is 3.16. The lowest BCUT2D eigenvalue weighted by Crippen LogP contribution is -2.68. The third-order valence-corrected chi connectivity index (χ3v) is 6.92. The summed E-state index contributed by atoms with van der Waals surface area (Å²) in [6.45, 7) is 3.22. The highest BCUT2D eigenvalue weighted by atomic mass is 16.5. The summed E-state index contributed by atoms with van der Waals surface area (Å²) in [4.78, 5) is 26.8. The third-order valence-electron chi connectivity index (χ3n) is 6.92. The van der Waals surface area contributed by atoms with Crippen LogP contribution in [0.25, 0.3) is 10.9 Å². The number of methoxy groups -OCH3 is 1. The Bertz CT molecular complexity index is 1150. The number of benzene rings is 1. The van der Waals surface area contributed by atoms with Crippen molar-refractivity contribution in [2.75, 3.05) is 54.0 Å². The molecule has 0 bridgehead atoms. The fraction of sp³-hybridized carbons (Fsp3) is 0.440. The van der Waals surface area contributed by atoms with Gasteiger partial charge >= 0.3 is 0 Å². The Morgan fingerprint density at radius 3 is 2.79 bits per heavy atom. The molecule has 0 radical (unpaired) electrons. The molecule has 0 saturated carbocycles. The molecule has 2 N–H and O–H groups in total. The minimum absolute atomic E-state index is 0.0105. The van der Waals surface area contributed by atoms with Crippen LogP contribution in [0.3, 0.4) is 0 Å². The number of H-pyrrole nitrogens is 1. The predicted octanol–water partition coefficient (Wildman–Crippen LogP) is 1.76. The fourth-order valence-corrected chi connectivity index (χ4v) is 5.49. The van der Waals surface area contributed by atoms with Crippen LogP contribution in [-0.2, 0) is 16.8 Å². The molecule has 2 aliphatic rings. The van der Waals surface area contributed by atoms with Gasteiger partial charge in [-0.2, -0.15) is 0 Å². The highest BCUT2D eigenvalue weighted by Gasteiger charge is 2.53. The van der Waals surface area contributed by atoms with Crippen molar-refractivity contribution in [2.24, 2.45) is 0 Å². The van der Waals surface area contributed by atoms with E-state index >= 15 is 0 Å². The molecule has 1 atom stereocenters. The summed E-state index contributed by atoms with van der Waals surface area (Å²) in [6.07, 6.45) is 3.65. The zero-order valence-corrected chi connectivity index (χ0v) is 19.4. The fourth-order valence-electron chi connectivity index (χ4n) is 5.49. The highest BCUT2D eigenvalue weighted by molar-refractivity contribution is 5.89. The van der Waals surface area contributed by atoms with Crippen molar-refractivity contribution >= 4 is 16.8 Å². The van der Waals surface area contributed by atoms with Gasteiger partial charge in [0.15, 0.2) is 0 Å². The van der Waals surface area contributed by atoms with Gasteiger partial charge in [0.2, 0.25) is 5.91 Å². The first kappa shape index (κ1) is 21.9. The lowest BCUT2D eigenvalue weighted by Gasteiger charge is -2.56. The Balaban J connectivity index is 1.56. The van der Waals surface area contributed by atoms with Crippen LogP contribution in [0, 0.1) is 0 Å². The smallest absolute Gasteiger partial charge is 0.236 e. The first-order valence-electron chi connectivity index (χ1n) is 11.3. The van der Waals surface area contributed by atoms with Crippen LogP contribution >= 0.6 is 0 Å². The largest absolute Gasteiger partial charge is 0.497 e. The van der Waals surface area contributed by atoms with Gasteiger partial charge in [-0.3, -0.25) is 14.7 Å². The monoisotopic (exact) mass is 449 g/mol. The van der Waals surface area contributed by atoms with E-state index in [0.29, 0.717) is 26.2 Å². The molecule has 3 aromatic rings. The molecule has 1 saturated heterocycles. The van der Waals surface area contributed by atoms with E-state index in [0.717, 1.165) is 34.5 Å². The summed E-state index contributed by atoms with van der Waals surface area (Å²) in [5.41, 5.74) is 4.19. The SMILES string of the molecule is COc1ccc2c3c([nH]c2c1)[C@H](CO)N(Cc1cccnc1)CC31CN(C(=O)CN(C)C)C1. The number of likely N-dealkylation sites (N-methyl/N-ethyl adjacent to an activating group) is 1. The van der Waals surface area contributed by atoms with E-state index in [1.165, 1.54) is 5.56 Å². The maximum atomic E-state index is 12.8. The number of hydrogen-bond donors (Lipinski definition) is 2. The van der Waals surface area contributed by atoms with Crippen LogP contribution in [0.1, 0.15) is 22.9 Å². The summed E-state index contributed by atoms with van der Waals surface area (Å²) in [6, 6.07) is 9.93. The van der Waals surface area contributed by atoms with Crippen molar-refractivity contribution in [3.63, 3.8) is 0 Å². The molecule has 1 aromatic carbocycles. The average molecular weight is 450 g/mol. The summed E-state index contributed by atoms with van der Waals surface area (Å²) < 4.78 is 5.44. The van der Waals surface area contributed by atoms with Crippen molar-refractivity contribution < 1.29 is 14.6 Å². The molecular weight excluding hydrogens is 418 g/mol. The van der Waals surface area contributed by atoms with Gasteiger partial charge < -0.3 is 24.6 Å². The van der Waals surface area contributed by atoms with Crippen LogP contribution < -0.4 is 4.74 Å². The summed E-state index contributed by atoms with van der Waals surface area (Å²) in [5, 5.41) is 11.6. The number of aromatic amines is 1. The molecule has 1 amide bonds. The van der Waals surface area contributed by atoms with Gasteiger partial charge in [-0.1, -0.05) is 6.07 Å². The number of amides is 1.